The van der Waals surface area contributed by atoms with Crippen LogP contribution < -0.4 is 10.3 Å². The Kier molecular flexibility index (Phi) is 5.37. The van der Waals surface area contributed by atoms with E-state index in [2.05, 4.69) is 9.97 Å². The van der Waals surface area contributed by atoms with Crippen LogP contribution in [0.25, 0.3) is 10.2 Å². The average Bonchev–Trinajstić information content (AvgIpc) is 3.06. The van der Waals surface area contributed by atoms with Crippen LogP contribution in [0.5, 0.6) is 5.75 Å². The van der Waals surface area contributed by atoms with Gasteiger partial charge in [0.2, 0.25) is 0 Å². The number of carbonyl (C=O) groups is 1. The zero-order valence-electron chi connectivity index (χ0n) is 15.3. The number of hydrogen-bond acceptors (Lipinski definition) is 6. The third-order valence-electron chi connectivity index (χ3n) is 4.73. The van der Waals surface area contributed by atoms with E-state index in [4.69, 9.17) is 21.1 Å². The van der Waals surface area contributed by atoms with Crippen molar-refractivity contribution in [3.8, 4) is 5.75 Å². The Hall–Kier alpha value is -2.38. The summed E-state index contributed by atoms with van der Waals surface area (Å²) in [6.45, 7) is 1.52. The van der Waals surface area contributed by atoms with Gasteiger partial charge in [-0.25, -0.2) is 9.78 Å². The zero-order chi connectivity index (χ0) is 19.7. The van der Waals surface area contributed by atoms with Crippen molar-refractivity contribution in [2.45, 2.75) is 39.2 Å². The van der Waals surface area contributed by atoms with E-state index in [9.17, 15) is 9.59 Å². The zero-order valence-corrected chi connectivity index (χ0v) is 16.9. The third kappa shape index (κ3) is 3.91. The summed E-state index contributed by atoms with van der Waals surface area (Å²) in [6, 6.07) is 5.15. The summed E-state index contributed by atoms with van der Waals surface area (Å²) in [5.74, 6) is 0.337. The van der Waals surface area contributed by atoms with Crippen LogP contribution in [0.3, 0.4) is 0 Å². The van der Waals surface area contributed by atoms with Gasteiger partial charge in [-0.05, 0) is 61.9 Å². The Balaban J connectivity index is 1.40. The van der Waals surface area contributed by atoms with Gasteiger partial charge in [-0.2, -0.15) is 0 Å². The smallest absolute Gasteiger partial charge is 0.344 e. The number of benzene rings is 1. The molecule has 1 aliphatic rings. The Labute approximate surface area is 170 Å². The molecule has 2 heterocycles. The molecule has 0 spiro atoms. The molecule has 0 aliphatic heterocycles. The second kappa shape index (κ2) is 7.93. The quantitative estimate of drug-likeness (QED) is 0.634. The monoisotopic (exact) mass is 418 g/mol. The van der Waals surface area contributed by atoms with Crippen molar-refractivity contribution in [1.29, 1.82) is 0 Å². The van der Waals surface area contributed by atoms with E-state index in [0.717, 1.165) is 41.6 Å². The molecule has 4 rings (SSSR count). The molecule has 146 valence electrons. The molecular formula is C20H19ClN2O4S. The minimum absolute atomic E-state index is 0.102. The minimum atomic E-state index is -0.541. The normalized spacial score (nSPS) is 13.4. The number of nitrogens with zero attached hydrogens (tertiary/aromatic N) is 1. The highest BCUT2D eigenvalue weighted by molar-refractivity contribution is 7.18. The van der Waals surface area contributed by atoms with Crippen LogP contribution in [0.15, 0.2) is 23.0 Å². The summed E-state index contributed by atoms with van der Waals surface area (Å²) in [7, 11) is 0. The van der Waals surface area contributed by atoms with Gasteiger partial charge in [-0.3, -0.25) is 4.79 Å². The Morgan fingerprint density at radius 1 is 1.32 bits per heavy atom. The van der Waals surface area contributed by atoms with E-state index in [1.165, 1.54) is 4.88 Å². The minimum Gasteiger partial charge on any atom is -0.482 e. The molecule has 0 unspecified atom stereocenters. The largest absolute Gasteiger partial charge is 0.482 e. The van der Waals surface area contributed by atoms with Crippen LogP contribution in [-0.4, -0.2) is 22.5 Å². The standard InChI is InChI=1S/C20H19ClN2O4S/c1-11-8-12(6-7-14(11)21)26-10-17(24)27-9-16-22-19(25)18-13-4-2-3-5-15(13)28-20(18)23-16/h6-8H,2-5,9-10H2,1H3,(H,22,23,25). The first-order chi connectivity index (χ1) is 13.5. The highest BCUT2D eigenvalue weighted by Crippen LogP contribution is 2.33. The van der Waals surface area contributed by atoms with Crippen molar-refractivity contribution < 1.29 is 14.3 Å². The van der Waals surface area contributed by atoms with E-state index in [0.29, 0.717) is 22.0 Å². The van der Waals surface area contributed by atoms with Crippen LogP contribution >= 0.6 is 22.9 Å². The number of hydrogen-bond donors (Lipinski definition) is 1. The number of aromatic amines is 1. The van der Waals surface area contributed by atoms with E-state index in [1.54, 1.807) is 29.5 Å². The fourth-order valence-corrected chi connectivity index (χ4v) is 4.72. The molecule has 1 N–H and O–H groups in total. The number of thiophene rings is 1. The maximum absolute atomic E-state index is 12.5. The van der Waals surface area contributed by atoms with E-state index < -0.39 is 5.97 Å². The fourth-order valence-electron chi connectivity index (χ4n) is 3.32. The number of esters is 1. The molecule has 0 bridgehead atoms. The van der Waals surface area contributed by atoms with Crippen molar-refractivity contribution in [1.82, 2.24) is 9.97 Å². The van der Waals surface area contributed by atoms with Crippen LogP contribution in [0.4, 0.5) is 0 Å². The predicted octanol–water partition coefficient (Wildman–Crippen LogP) is 3.95. The Bertz CT molecular complexity index is 1110. The Morgan fingerprint density at radius 3 is 2.96 bits per heavy atom. The summed E-state index contributed by atoms with van der Waals surface area (Å²) >= 11 is 7.53. The SMILES string of the molecule is Cc1cc(OCC(=O)OCc2nc3sc4c(c3c(=O)[nH]2)CCCC4)ccc1Cl. The first-order valence-corrected chi connectivity index (χ1v) is 10.3. The third-order valence-corrected chi connectivity index (χ3v) is 6.34. The van der Waals surface area contributed by atoms with Gasteiger partial charge in [0.25, 0.3) is 5.56 Å². The highest BCUT2D eigenvalue weighted by atomic mass is 35.5. The van der Waals surface area contributed by atoms with Gasteiger partial charge in [-0.15, -0.1) is 11.3 Å². The molecule has 0 atom stereocenters. The van der Waals surface area contributed by atoms with Gasteiger partial charge in [0, 0.05) is 9.90 Å². The van der Waals surface area contributed by atoms with Crippen LogP contribution in [0.2, 0.25) is 5.02 Å². The van der Waals surface area contributed by atoms with E-state index in [1.807, 2.05) is 6.92 Å². The molecule has 0 saturated heterocycles. The molecule has 2 aromatic heterocycles. The second-order valence-corrected chi connectivity index (χ2v) is 8.25. The first kappa shape index (κ1) is 19.0. The van der Waals surface area contributed by atoms with Crippen LogP contribution in [0, 0.1) is 6.92 Å². The number of ether oxygens (including phenoxy) is 2. The summed E-state index contributed by atoms with van der Waals surface area (Å²) < 4.78 is 10.6. The number of rotatable bonds is 5. The maximum Gasteiger partial charge on any atom is 0.344 e. The number of carbonyl (C=O) groups excluding carboxylic acids is 1. The van der Waals surface area contributed by atoms with Crippen molar-refractivity contribution in [3.63, 3.8) is 0 Å². The predicted molar refractivity (Wildman–Crippen MR) is 108 cm³/mol. The molecular weight excluding hydrogens is 400 g/mol. The van der Waals surface area contributed by atoms with E-state index in [-0.39, 0.29) is 18.8 Å². The van der Waals surface area contributed by atoms with Crippen molar-refractivity contribution in [3.05, 3.63) is 55.4 Å². The summed E-state index contributed by atoms with van der Waals surface area (Å²) in [5.41, 5.74) is 1.83. The van der Waals surface area contributed by atoms with Crippen LogP contribution in [0.1, 0.15) is 34.7 Å². The summed E-state index contributed by atoms with van der Waals surface area (Å²) in [4.78, 5) is 33.6. The summed E-state index contributed by atoms with van der Waals surface area (Å²) in [6.07, 6.45) is 4.18. The Morgan fingerprint density at radius 2 is 2.14 bits per heavy atom. The number of aromatic nitrogens is 2. The topological polar surface area (TPSA) is 81.3 Å². The molecule has 8 heteroatoms. The highest BCUT2D eigenvalue weighted by Gasteiger charge is 2.20. The van der Waals surface area contributed by atoms with Crippen molar-refractivity contribution in [2.24, 2.45) is 0 Å². The van der Waals surface area contributed by atoms with E-state index >= 15 is 0 Å². The van der Waals surface area contributed by atoms with Gasteiger partial charge < -0.3 is 14.5 Å². The van der Waals surface area contributed by atoms with Crippen molar-refractivity contribution >= 4 is 39.1 Å². The molecule has 3 aromatic rings. The lowest BCUT2D eigenvalue weighted by Crippen LogP contribution is -2.18. The first-order valence-electron chi connectivity index (χ1n) is 9.09. The van der Waals surface area contributed by atoms with Gasteiger partial charge in [0.15, 0.2) is 6.61 Å². The molecule has 0 fully saturated rings. The van der Waals surface area contributed by atoms with Gasteiger partial charge in [0.05, 0.1) is 5.39 Å². The molecule has 0 radical (unpaired) electrons. The molecule has 0 amide bonds. The average molecular weight is 419 g/mol. The number of halogens is 1. The number of aryl methyl sites for hydroxylation is 3. The molecule has 1 aromatic carbocycles. The fraction of sp³-hybridized carbons (Fsp3) is 0.350. The lowest BCUT2D eigenvalue weighted by molar-refractivity contribution is -0.147. The lowest BCUT2D eigenvalue weighted by Gasteiger charge is -2.09. The molecule has 0 saturated carbocycles. The van der Waals surface area contributed by atoms with Crippen LogP contribution in [-0.2, 0) is 29.0 Å². The molecule has 1 aliphatic carbocycles. The van der Waals surface area contributed by atoms with Gasteiger partial charge in [-0.1, -0.05) is 11.6 Å². The second-order valence-electron chi connectivity index (χ2n) is 6.76. The van der Waals surface area contributed by atoms with Gasteiger partial charge >= 0.3 is 5.97 Å². The molecule has 28 heavy (non-hydrogen) atoms. The molecule has 6 nitrogen and oxygen atoms in total. The lowest BCUT2D eigenvalue weighted by atomic mass is 9.97. The van der Waals surface area contributed by atoms with Gasteiger partial charge in [0.1, 0.15) is 23.0 Å². The van der Waals surface area contributed by atoms with Crippen molar-refractivity contribution in [2.75, 3.05) is 6.61 Å². The number of nitrogens with one attached hydrogen (secondary N) is 1. The maximum atomic E-state index is 12.5. The number of H-pyrrole nitrogens is 1. The summed E-state index contributed by atoms with van der Waals surface area (Å²) in [5, 5.41) is 1.33. The number of fused-ring (bicyclic) bond motifs is 3.